The van der Waals surface area contributed by atoms with Gasteiger partial charge in [0.15, 0.2) is 0 Å². The normalized spacial score (nSPS) is 12.8. The Morgan fingerprint density at radius 3 is 2.67 bits per heavy atom. The maximum Gasteiger partial charge on any atom is 0.403 e. The van der Waals surface area contributed by atoms with E-state index >= 15 is 0 Å². The monoisotopic (exact) mass is 150 g/mol. The van der Waals surface area contributed by atoms with Crippen LogP contribution in [0.25, 0.3) is 0 Å². The molecule has 1 atom stereocenters. The SMILES string of the molecule is CC[C@H](C)COC(=O)Cl. The predicted octanol–water partition coefficient (Wildman–Crippen LogP) is 2.41. The zero-order valence-electron chi connectivity index (χ0n) is 5.69. The molecule has 0 aliphatic rings. The first kappa shape index (κ1) is 8.76. The number of rotatable bonds is 3. The summed E-state index contributed by atoms with van der Waals surface area (Å²) in [5.41, 5.74) is -0.713. The molecule has 0 rings (SSSR count). The van der Waals surface area contributed by atoms with Crippen molar-refractivity contribution in [2.75, 3.05) is 6.61 Å². The summed E-state index contributed by atoms with van der Waals surface area (Å²) in [7, 11) is 0. The number of hydrogen-bond acceptors (Lipinski definition) is 2. The van der Waals surface area contributed by atoms with Crippen LogP contribution in [0.3, 0.4) is 0 Å². The van der Waals surface area contributed by atoms with Crippen molar-refractivity contribution in [3.05, 3.63) is 0 Å². The Labute approximate surface area is 60.1 Å². The molecule has 0 N–H and O–H groups in total. The number of halogens is 1. The van der Waals surface area contributed by atoms with Gasteiger partial charge < -0.3 is 4.74 Å². The van der Waals surface area contributed by atoms with E-state index in [2.05, 4.69) is 4.74 Å². The Balaban J connectivity index is 3.16. The lowest BCUT2D eigenvalue weighted by molar-refractivity contribution is 0.154. The Bertz CT molecular complexity index is 93.1. The summed E-state index contributed by atoms with van der Waals surface area (Å²) in [5, 5.41) is 0. The largest absolute Gasteiger partial charge is 0.453 e. The average molecular weight is 151 g/mol. The van der Waals surface area contributed by atoms with Crippen molar-refractivity contribution in [2.45, 2.75) is 20.3 Å². The molecule has 0 aliphatic heterocycles. The molecular formula is C6H11ClO2. The van der Waals surface area contributed by atoms with E-state index in [-0.39, 0.29) is 0 Å². The average Bonchev–Trinajstić information content (AvgIpc) is 1.83. The molecule has 0 saturated heterocycles. The fourth-order valence-electron chi connectivity index (χ4n) is 0.326. The summed E-state index contributed by atoms with van der Waals surface area (Å²) in [6.07, 6.45) is 1.00. The maximum absolute atomic E-state index is 10.0. The maximum atomic E-state index is 10.0. The van der Waals surface area contributed by atoms with Gasteiger partial charge in [0, 0.05) is 11.6 Å². The molecular weight excluding hydrogens is 140 g/mol. The van der Waals surface area contributed by atoms with Gasteiger partial charge in [-0.15, -0.1) is 0 Å². The summed E-state index contributed by atoms with van der Waals surface area (Å²) in [6, 6.07) is 0. The second-order valence-electron chi connectivity index (χ2n) is 2.06. The van der Waals surface area contributed by atoms with Crippen LogP contribution in [0.15, 0.2) is 0 Å². The van der Waals surface area contributed by atoms with Crippen molar-refractivity contribution in [1.82, 2.24) is 0 Å². The third-order valence-electron chi connectivity index (χ3n) is 1.18. The third-order valence-corrected chi connectivity index (χ3v) is 1.29. The van der Waals surface area contributed by atoms with Crippen LogP contribution in [0.1, 0.15) is 20.3 Å². The lowest BCUT2D eigenvalue weighted by atomic mass is 10.1. The minimum absolute atomic E-state index is 0.410. The number of ether oxygens (including phenoxy) is 1. The van der Waals surface area contributed by atoms with E-state index in [1.807, 2.05) is 13.8 Å². The summed E-state index contributed by atoms with van der Waals surface area (Å²) < 4.78 is 4.52. The molecule has 9 heavy (non-hydrogen) atoms. The quantitative estimate of drug-likeness (QED) is 0.578. The predicted molar refractivity (Wildman–Crippen MR) is 36.7 cm³/mol. The molecule has 2 nitrogen and oxygen atoms in total. The molecule has 0 unspecified atom stereocenters. The highest BCUT2D eigenvalue weighted by Crippen LogP contribution is 2.01. The van der Waals surface area contributed by atoms with E-state index < -0.39 is 5.43 Å². The Morgan fingerprint density at radius 1 is 1.78 bits per heavy atom. The highest BCUT2D eigenvalue weighted by molar-refractivity contribution is 6.61. The van der Waals surface area contributed by atoms with Gasteiger partial charge in [0.2, 0.25) is 0 Å². The van der Waals surface area contributed by atoms with Gasteiger partial charge in [-0.2, -0.15) is 0 Å². The van der Waals surface area contributed by atoms with Crippen LogP contribution in [0.5, 0.6) is 0 Å². The molecule has 3 heteroatoms. The first-order chi connectivity index (χ1) is 4.16. The molecule has 0 aliphatic carbocycles. The lowest BCUT2D eigenvalue weighted by Gasteiger charge is -2.05. The highest BCUT2D eigenvalue weighted by Gasteiger charge is 2.00. The molecule has 0 saturated carbocycles. The summed E-state index contributed by atoms with van der Waals surface area (Å²) in [6.45, 7) is 4.46. The number of carbonyl (C=O) groups excluding carboxylic acids is 1. The van der Waals surface area contributed by atoms with E-state index in [1.165, 1.54) is 0 Å². The summed E-state index contributed by atoms with van der Waals surface area (Å²) in [5.74, 6) is 0.410. The second kappa shape index (κ2) is 4.62. The van der Waals surface area contributed by atoms with Gasteiger partial charge in [-0.3, -0.25) is 0 Å². The van der Waals surface area contributed by atoms with Gasteiger partial charge >= 0.3 is 5.43 Å². The Morgan fingerprint density at radius 2 is 2.33 bits per heavy atom. The van der Waals surface area contributed by atoms with Crippen molar-refractivity contribution >= 4 is 17.0 Å². The zero-order valence-corrected chi connectivity index (χ0v) is 6.44. The number of carbonyl (C=O) groups is 1. The van der Waals surface area contributed by atoms with Crippen molar-refractivity contribution in [1.29, 1.82) is 0 Å². The molecule has 0 bridgehead atoms. The fraction of sp³-hybridized carbons (Fsp3) is 0.833. The van der Waals surface area contributed by atoms with Crippen LogP contribution in [0.2, 0.25) is 0 Å². The van der Waals surface area contributed by atoms with E-state index in [1.54, 1.807) is 0 Å². The van der Waals surface area contributed by atoms with Crippen LogP contribution in [-0.2, 0) is 4.74 Å². The molecule has 0 radical (unpaired) electrons. The first-order valence-electron chi connectivity index (χ1n) is 2.99. The summed E-state index contributed by atoms with van der Waals surface area (Å²) in [4.78, 5) is 10.0. The molecule has 0 spiro atoms. The molecule has 0 heterocycles. The molecule has 0 amide bonds. The van der Waals surface area contributed by atoms with E-state index in [0.717, 1.165) is 6.42 Å². The van der Waals surface area contributed by atoms with Crippen molar-refractivity contribution in [3.8, 4) is 0 Å². The fourth-order valence-corrected chi connectivity index (χ4v) is 0.389. The Kier molecular flexibility index (Phi) is 4.50. The van der Waals surface area contributed by atoms with Gasteiger partial charge in [-0.1, -0.05) is 20.3 Å². The topological polar surface area (TPSA) is 26.3 Å². The third kappa shape index (κ3) is 5.63. The van der Waals surface area contributed by atoms with Crippen LogP contribution < -0.4 is 0 Å². The van der Waals surface area contributed by atoms with Crippen molar-refractivity contribution in [2.24, 2.45) is 5.92 Å². The smallest absolute Gasteiger partial charge is 0.403 e. The van der Waals surface area contributed by atoms with Crippen LogP contribution in [0, 0.1) is 5.92 Å². The van der Waals surface area contributed by atoms with Crippen molar-refractivity contribution < 1.29 is 9.53 Å². The standard InChI is InChI=1S/C6H11ClO2/c1-3-5(2)4-9-6(7)8/h5H,3-4H2,1-2H3/t5-/m0/s1. The lowest BCUT2D eigenvalue weighted by Crippen LogP contribution is -2.05. The van der Waals surface area contributed by atoms with Gasteiger partial charge in [0.05, 0.1) is 6.61 Å². The molecule has 54 valence electrons. The summed E-state index contributed by atoms with van der Waals surface area (Å²) >= 11 is 4.92. The Hall–Kier alpha value is -0.240. The highest BCUT2D eigenvalue weighted by atomic mass is 35.5. The van der Waals surface area contributed by atoms with Crippen LogP contribution in [0.4, 0.5) is 4.79 Å². The first-order valence-corrected chi connectivity index (χ1v) is 3.36. The van der Waals surface area contributed by atoms with Crippen LogP contribution in [-0.4, -0.2) is 12.0 Å². The van der Waals surface area contributed by atoms with E-state index in [9.17, 15) is 4.79 Å². The minimum atomic E-state index is -0.713. The van der Waals surface area contributed by atoms with E-state index in [4.69, 9.17) is 11.6 Å². The number of hydrogen-bond donors (Lipinski definition) is 0. The minimum Gasteiger partial charge on any atom is -0.453 e. The molecule has 0 aromatic heterocycles. The zero-order chi connectivity index (χ0) is 7.28. The van der Waals surface area contributed by atoms with Crippen LogP contribution >= 0.6 is 11.6 Å². The molecule has 0 fully saturated rings. The second-order valence-corrected chi connectivity index (χ2v) is 2.37. The van der Waals surface area contributed by atoms with Gasteiger partial charge in [-0.05, 0) is 5.92 Å². The van der Waals surface area contributed by atoms with Crippen molar-refractivity contribution in [3.63, 3.8) is 0 Å². The van der Waals surface area contributed by atoms with E-state index in [0.29, 0.717) is 12.5 Å². The molecule has 0 aromatic carbocycles. The van der Waals surface area contributed by atoms with Gasteiger partial charge in [0.25, 0.3) is 0 Å². The molecule has 0 aromatic rings. The van der Waals surface area contributed by atoms with Gasteiger partial charge in [-0.25, -0.2) is 4.79 Å². The van der Waals surface area contributed by atoms with Gasteiger partial charge in [0.1, 0.15) is 0 Å².